The molecule has 0 radical (unpaired) electrons. The Bertz CT molecular complexity index is 201. The summed E-state index contributed by atoms with van der Waals surface area (Å²) in [5, 5.41) is 3.50. The average Bonchev–Trinajstić information content (AvgIpc) is 2.86. The standard InChI is InChI=1S/C13H23N/c1-14-13(12-8-4-5-9-12)10-11-6-2-3-7-11/h8,11,13-14H,2-7,9-10H2,1H3. The van der Waals surface area contributed by atoms with Crippen molar-refractivity contribution >= 4 is 0 Å². The van der Waals surface area contributed by atoms with Crippen molar-refractivity contribution in [3.8, 4) is 0 Å². The minimum atomic E-state index is 0.695. The number of allylic oxidation sites excluding steroid dienone is 1. The highest BCUT2D eigenvalue weighted by atomic mass is 14.9. The third-order valence-electron chi connectivity index (χ3n) is 3.92. The average molecular weight is 193 g/mol. The van der Waals surface area contributed by atoms with Gasteiger partial charge in [0, 0.05) is 6.04 Å². The number of likely N-dealkylation sites (N-methyl/N-ethyl adjacent to an activating group) is 1. The molecule has 1 unspecified atom stereocenters. The molecule has 1 fully saturated rings. The first kappa shape index (κ1) is 10.2. The second-order valence-corrected chi connectivity index (χ2v) is 4.90. The monoisotopic (exact) mass is 193 g/mol. The van der Waals surface area contributed by atoms with E-state index < -0.39 is 0 Å². The molecule has 0 spiro atoms. The Kier molecular flexibility index (Phi) is 3.63. The van der Waals surface area contributed by atoms with Crippen LogP contribution < -0.4 is 5.32 Å². The van der Waals surface area contributed by atoms with Crippen molar-refractivity contribution in [3.05, 3.63) is 11.6 Å². The van der Waals surface area contributed by atoms with E-state index in [2.05, 4.69) is 18.4 Å². The summed E-state index contributed by atoms with van der Waals surface area (Å²) in [6, 6.07) is 0.695. The van der Waals surface area contributed by atoms with E-state index in [1.54, 1.807) is 5.57 Å². The quantitative estimate of drug-likeness (QED) is 0.676. The van der Waals surface area contributed by atoms with E-state index in [-0.39, 0.29) is 0 Å². The molecule has 1 saturated carbocycles. The van der Waals surface area contributed by atoms with Crippen molar-refractivity contribution in [2.45, 2.75) is 57.4 Å². The van der Waals surface area contributed by atoms with Gasteiger partial charge in [-0.25, -0.2) is 0 Å². The molecule has 2 aliphatic carbocycles. The van der Waals surface area contributed by atoms with Gasteiger partial charge in [-0.15, -0.1) is 0 Å². The fourth-order valence-electron chi connectivity index (χ4n) is 3.05. The molecule has 1 N–H and O–H groups in total. The van der Waals surface area contributed by atoms with E-state index in [0.717, 1.165) is 5.92 Å². The van der Waals surface area contributed by atoms with Crippen LogP contribution in [0.15, 0.2) is 11.6 Å². The third kappa shape index (κ3) is 2.38. The second kappa shape index (κ2) is 4.97. The largest absolute Gasteiger partial charge is 0.313 e. The van der Waals surface area contributed by atoms with Crippen LogP contribution in [0.5, 0.6) is 0 Å². The molecule has 0 aromatic heterocycles. The first-order valence-corrected chi connectivity index (χ1v) is 6.26. The lowest BCUT2D eigenvalue weighted by molar-refractivity contribution is 0.431. The zero-order chi connectivity index (χ0) is 9.80. The van der Waals surface area contributed by atoms with Crippen molar-refractivity contribution in [3.63, 3.8) is 0 Å². The predicted molar refractivity (Wildman–Crippen MR) is 61.4 cm³/mol. The third-order valence-corrected chi connectivity index (χ3v) is 3.92. The summed E-state index contributed by atoms with van der Waals surface area (Å²) in [5.74, 6) is 1.01. The Labute approximate surface area is 88.0 Å². The molecule has 0 amide bonds. The van der Waals surface area contributed by atoms with Crippen LogP contribution in [-0.2, 0) is 0 Å². The maximum absolute atomic E-state index is 3.50. The molecular weight excluding hydrogens is 170 g/mol. The predicted octanol–water partition coefficient (Wildman–Crippen LogP) is 3.27. The highest BCUT2D eigenvalue weighted by Crippen LogP contribution is 2.32. The molecule has 0 saturated heterocycles. The van der Waals surface area contributed by atoms with Gasteiger partial charge in [-0.2, -0.15) is 0 Å². The first-order chi connectivity index (χ1) is 6.90. The molecule has 2 aliphatic rings. The lowest BCUT2D eigenvalue weighted by Gasteiger charge is -2.21. The van der Waals surface area contributed by atoms with Crippen LogP contribution >= 0.6 is 0 Å². The van der Waals surface area contributed by atoms with Gasteiger partial charge in [0.1, 0.15) is 0 Å². The van der Waals surface area contributed by atoms with Gasteiger partial charge in [0.05, 0.1) is 0 Å². The summed E-state index contributed by atoms with van der Waals surface area (Å²) < 4.78 is 0. The summed E-state index contributed by atoms with van der Waals surface area (Å²) in [5.41, 5.74) is 1.69. The van der Waals surface area contributed by atoms with E-state index in [9.17, 15) is 0 Å². The van der Waals surface area contributed by atoms with Gasteiger partial charge in [0.15, 0.2) is 0 Å². The normalized spacial score (nSPS) is 25.4. The number of hydrogen-bond donors (Lipinski definition) is 1. The molecule has 0 heterocycles. The minimum Gasteiger partial charge on any atom is -0.313 e. The Morgan fingerprint density at radius 3 is 2.71 bits per heavy atom. The molecule has 0 aromatic carbocycles. The summed E-state index contributed by atoms with van der Waals surface area (Å²) in [6.45, 7) is 0. The van der Waals surface area contributed by atoms with E-state index >= 15 is 0 Å². The van der Waals surface area contributed by atoms with Gasteiger partial charge in [0.2, 0.25) is 0 Å². The molecule has 0 bridgehead atoms. The Hall–Kier alpha value is -0.300. The number of nitrogens with one attached hydrogen (secondary N) is 1. The van der Waals surface area contributed by atoms with Gasteiger partial charge in [0.25, 0.3) is 0 Å². The summed E-state index contributed by atoms with van der Waals surface area (Å²) in [6.07, 6.45) is 13.8. The minimum absolute atomic E-state index is 0.695. The van der Waals surface area contributed by atoms with Gasteiger partial charge < -0.3 is 5.32 Å². The van der Waals surface area contributed by atoms with Crippen LogP contribution in [-0.4, -0.2) is 13.1 Å². The van der Waals surface area contributed by atoms with Gasteiger partial charge in [-0.3, -0.25) is 0 Å². The van der Waals surface area contributed by atoms with E-state index in [1.165, 1.54) is 51.4 Å². The Morgan fingerprint density at radius 2 is 2.14 bits per heavy atom. The molecule has 0 aliphatic heterocycles. The van der Waals surface area contributed by atoms with Crippen molar-refractivity contribution in [1.82, 2.24) is 5.32 Å². The van der Waals surface area contributed by atoms with Gasteiger partial charge in [-0.1, -0.05) is 37.3 Å². The SMILES string of the molecule is CNC(CC1CCCC1)C1=CCCC1. The summed E-state index contributed by atoms with van der Waals surface area (Å²) in [4.78, 5) is 0. The first-order valence-electron chi connectivity index (χ1n) is 6.26. The van der Waals surface area contributed by atoms with Crippen molar-refractivity contribution in [1.29, 1.82) is 0 Å². The highest BCUT2D eigenvalue weighted by Gasteiger charge is 2.22. The van der Waals surface area contributed by atoms with Gasteiger partial charge >= 0.3 is 0 Å². The van der Waals surface area contributed by atoms with Crippen molar-refractivity contribution in [2.75, 3.05) is 7.05 Å². The van der Waals surface area contributed by atoms with Crippen molar-refractivity contribution in [2.24, 2.45) is 5.92 Å². The molecule has 1 heteroatoms. The molecule has 1 atom stereocenters. The van der Waals surface area contributed by atoms with Crippen molar-refractivity contribution < 1.29 is 0 Å². The van der Waals surface area contributed by atoms with Crippen LogP contribution in [0.1, 0.15) is 51.4 Å². The van der Waals surface area contributed by atoms with E-state index in [0.29, 0.717) is 6.04 Å². The van der Waals surface area contributed by atoms with Crippen LogP contribution in [0.2, 0.25) is 0 Å². The van der Waals surface area contributed by atoms with E-state index in [1.807, 2.05) is 0 Å². The second-order valence-electron chi connectivity index (χ2n) is 4.90. The zero-order valence-corrected chi connectivity index (χ0v) is 9.39. The molecule has 2 rings (SSSR count). The summed E-state index contributed by atoms with van der Waals surface area (Å²) >= 11 is 0. The van der Waals surface area contributed by atoms with Gasteiger partial charge in [-0.05, 0) is 38.6 Å². The van der Waals surface area contributed by atoms with Crippen LogP contribution in [0.25, 0.3) is 0 Å². The fourth-order valence-corrected chi connectivity index (χ4v) is 3.05. The lowest BCUT2D eigenvalue weighted by Crippen LogP contribution is -2.28. The highest BCUT2D eigenvalue weighted by molar-refractivity contribution is 5.15. The Morgan fingerprint density at radius 1 is 1.36 bits per heavy atom. The maximum atomic E-state index is 3.50. The molecule has 80 valence electrons. The number of rotatable bonds is 4. The molecular formula is C13H23N. The molecule has 1 nitrogen and oxygen atoms in total. The van der Waals surface area contributed by atoms with Crippen LogP contribution in [0.4, 0.5) is 0 Å². The maximum Gasteiger partial charge on any atom is 0.0279 e. The smallest absolute Gasteiger partial charge is 0.0279 e. The summed E-state index contributed by atoms with van der Waals surface area (Å²) in [7, 11) is 2.12. The zero-order valence-electron chi connectivity index (χ0n) is 9.39. The van der Waals surface area contributed by atoms with Crippen LogP contribution in [0, 0.1) is 5.92 Å². The fraction of sp³-hybridized carbons (Fsp3) is 0.846. The lowest BCUT2D eigenvalue weighted by atomic mass is 9.93. The topological polar surface area (TPSA) is 12.0 Å². The number of hydrogen-bond acceptors (Lipinski definition) is 1. The molecule has 0 aromatic rings. The van der Waals surface area contributed by atoms with Crippen LogP contribution in [0.3, 0.4) is 0 Å². The van der Waals surface area contributed by atoms with E-state index in [4.69, 9.17) is 0 Å². The molecule has 14 heavy (non-hydrogen) atoms. The Balaban J connectivity index is 1.85.